The molecule has 2 rings (SSSR count). The minimum absolute atomic E-state index is 0.00468. The number of hydrogen-bond acceptors (Lipinski definition) is 4. The molecule has 24 heavy (non-hydrogen) atoms. The second-order valence-electron chi connectivity index (χ2n) is 5.64. The molecule has 1 heterocycles. The molecule has 0 atom stereocenters. The van der Waals surface area contributed by atoms with Crippen molar-refractivity contribution in [3.8, 4) is 0 Å². The molecule has 0 aliphatic carbocycles. The highest BCUT2D eigenvalue weighted by molar-refractivity contribution is 6.21. The Morgan fingerprint density at radius 3 is 2.46 bits per heavy atom. The Morgan fingerprint density at radius 1 is 1.17 bits per heavy atom. The van der Waals surface area contributed by atoms with Crippen LogP contribution in [0, 0.1) is 6.92 Å². The van der Waals surface area contributed by atoms with Crippen molar-refractivity contribution in [1.29, 1.82) is 0 Å². The third-order valence-electron chi connectivity index (χ3n) is 4.02. The first-order valence-corrected chi connectivity index (χ1v) is 7.84. The Balaban J connectivity index is 2.02. The van der Waals surface area contributed by atoms with Gasteiger partial charge in [-0.2, -0.15) is 0 Å². The fraction of sp³-hybridized carbons (Fsp3) is 0.412. The molecule has 1 aromatic carbocycles. The molecular weight excluding hydrogens is 310 g/mol. The van der Waals surface area contributed by atoms with Crippen LogP contribution in [0.2, 0.25) is 0 Å². The van der Waals surface area contributed by atoms with Gasteiger partial charge in [0.2, 0.25) is 11.8 Å². The summed E-state index contributed by atoms with van der Waals surface area (Å²) in [5.41, 5.74) is 1.65. The van der Waals surface area contributed by atoms with Gasteiger partial charge in [0.05, 0.1) is 17.7 Å². The zero-order chi connectivity index (χ0) is 17.9. The molecule has 1 N–H and O–H groups in total. The van der Waals surface area contributed by atoms with E-state index in [4.69, 9.17) is 0 Å². The molecule has 1 aliphatic heterocycles. The Morgan fingerprint density at radius 2 is 1.83 bits per heavy atom. The highest BCUT2D eigenvalue weighted by Gasteiger charge is 2.35. The largest absolute Gasteiger partial charge is 0.358 e. The topological polar surface area (TPSA) is 86.8 Å². The van der Waals surface area contributed by atoms with Crippen LogP contribution in [0.5, 0.6) is 0 Å². The number of rotatable bonds is 6. The lowest BCUT2D eigenvalue weighted by Crippen LogP contribution is -2.41. The molecule has 7 heteroatoms. The quantitative estimate of drug-likeness (QED) is 0.772. The van der Waals surface area contributed by atoms with Gasteiger partial charge >= 0.3 is 0 Å². The summed E-state index contributed by atoms with van der Waals surface area (Å²) in [5.74, 6) is -1.28. The molecule has 0 radical (unpaired) electrons. The highest BCUT2D eigenvalue weighted by atomic mass is 16.2. The van der Waals surface area contributed by atoms with Gasteiger partial charge in [0.25, 0.3) is 11.8 Å². The fourth-order valence-corrected chi connectivity index (χ4v) is 2.60. The maximum Gasteiger partial charge on any atom is 0.261 e. The molecule has 0 unspecified atom stereocenters. The standard InChI is InChI=1S/C17H21N3O4/c1-4-19(10-14(21)18-3)15(22)7-8-20-16(23)12-6-5-11(2)9-13(12)17(20)24/h5-6,9H,4,7-8,10H2,1-3H3,(H,18,21). The monoisotopic (exact) mass is 331 g/mol. The summed E-state index contributed by atoms with van der Waals surface area (Å²) < 4.78 is 0. The summed E-state index contributed by atoms with van der Waals surface area (Å²) in [6.45, 7) is 3.98. The molecule has 128 valence electrons. The average Bonchev–Trinajstić information content (AvgIpc) is 2.80. The van der Waals surface area contributed by atoms with Crippen molar-refractivity contribution in [2.24, 2.45) is 0 Å². The zero-order valence-corrected chi connectivity index (χ0v) is 14.1. The molecule has 7 nitrogen and oxygen atoms in total. The van der Waals surface area contributed by atoms with Crippen LogP contribution < -0.4 is 5.32 Å². The van der Waals surface area contributed by atoms with Gasteiger partial charge in [-0.25, -0.2) is 0 Å². The lowest BCUT2D eigenvalue weighted by molar-refractivity contribution is -0.135. The molecule has 0 saturated heterocycles. The lowest BCUT2D eigenvalue weighted by atomic mass is 10.1. The van der Waals surface area contributed by atoms with Gasteiger partial charge in [0, 0.05) is 26.6 Å². The van der Waals surface area contributed by atoms with E-state index in [2.05, 4.69) is 5.32 Å². The van der Waals surface area contributed by atoms with E-state index in [-0.39, 0.29) is 43.1 Å². The SMILES string of the molecule is CCN(CC(=O)NC)C(=O)CCN1C(=O)c2ccc(C)cc2C1=O. The average molecular weight is 331 g/mol. The molecule has 0 spiro atoms. The van der Waals surface area contributed by atoms with E-state index in [1.54, 1.807) is 25.1 Å². The van der Waals surface area contributed by atoms with Crippen molar-refractivity contribution in [3.63, 3.8) is 0 Å². The summed E-state index contributed by atoms with van der Waals surface area (Å²) in [6, 6.07) is 5.10. The summed E-state index contributed by atoms with van der Waals surface area (Å²) in [4.78, 5) is 50.8. The number of hydrogen-bond donors (Lipinski definition) is 1. The maximum atomic E-state index is 12.4. The first-order valence-electron chi connectivity index (χ1n) is 7.84. The number of nitrogens with zero attached hydrogens (tertiary/aromatic N) is 2. The third kappa shape index (κ3) is 3.45. The Bertz CT molecular complexity index is 699. The molecule has 1 aromatic rings. The van der Waals surface area contributed by atoms with E-state index in [9.17, 15) is 19.2 Å². The zero-order valence-electron chi connectivity index (χ0n) is 14.1. The maximum absolute atomic E-state index is 12.4. The van der Waals surface area contributed by atoms with Crippen molar-refractivity contribution in [1.82, 2.24) is 15.1 Å². The van der Waals surface area contributed by atoms with Crippen molar-refractivity contribution in [2.45, 2.75) is 20.3 Å². The molecular formula is C17H21N3O4. The van der Waals surface area contributed by atoms with Crippen molar-refractivity contribution in [3.05, 3.63) is 34.9 Å². The van der Waals surface area contributed by atoms with Gasteiger partial charge in [-0.05, 0) is 26.0 Å². The van der Waals surface area contributed by atoms with Crippen LogP contribution in [0.1, 0.15) is 39.6 Å². The molecule has 4 amide bonds. The predicted molar refractivity (Wildman–Crippen MR) is 87.5 cm³/mol. The van der Waals surface area contributed by atoms with E-state index in [0.717, 1.165) is 10.5 Å². The van der Waals surface area contributed by atoms with Crippen LogP contribution in [-0.4, -0.2) is 60.1 Å². The second-order valence-corrected chi connectivity index (χ2v) is 5.64. The van der Waals surface area contributed by atoms with Crippen molar-refractivity contribution < 1.29 is 19.2 Å². The van der Waals surface area contributed by atoms with Crippen LogP contribution in [0.4, 0.5) is 0 Å². The first kappa shape index (κ1) is 17.7. The van der Waals surface area contributed by atoms with Gasteiger partial charge in [-0.3, -0.25) is 24.1 Å². The van der Waals surface area contributed by atoms with E-state index in [1.807, 2.05) is 6.92 Å². The van der Waals surface area contributed by atoms with Crippen LogP contribution in [0.25, 0.3) is 0 Å². The Labute approximate surface area is 140 Å². The van der Waals surface area contributed by atoms with Gasteiger partial charge < -0.3 is 10.2 Å². The minimum atomic E-state index is -0.378. The third-order valence-corrected chi connectivity index (χ3v) is 4.02. The van der Waals surface area contributed by atoms with Gasteiger partial charge in [-0.1, -0.05) is 11.6 Å². The molecule has 0 fully saturated rings. The smallest absolute Gasteiger partial charge is 0.261 e. The minimum Gasteiger partial charge on any atom is -0.358 e. The van der Waals surface area contributed by atoms with E-state index in [0.29, 0.717) is 17.7 Å². The first-order chi connectivity index (χ1) is 11.4. The Kier molecular flexibility index (Phi) is 5.33. The van der Waals surface area contributed by atoms with Gasteiger partial charge in [-0.15, -0.1) is 0 Å². The van der Waals surface area contributed by atoms with Crippen LogP contribution in [0.15, 0.2) is 18.2 Å². The van der Waals surface area contributed by atoms with E-state index in [1.165, 1.54) is 11.9 Å². The fourth-order valence-electron chi connectivity index (χ4n) is 2.60. The van der Waals surface area contributed by atoms with E-state index >= 15 is 0 Å². The number of benzene rings is 1. The summed E-state index contributed by atoms with van der Waals surface area (Å²) in [7, 11) is 1.50. The van der Waals surface area contributed by atoms with Gasteiger partial charge in [0.15, 0.2) is 0 Å². The number of carbonyl (C=O) groups excluding carboxylic acids is 4. The number of amides is 4. The number of aryl methyl sites for hydroxylation is 1. The number of fused-ring (bicyclic) bond motifs is 1. The van der Waals surface area contributed by atoms with Crippen LogP contribution in [-0.2, 0) is 9.59 Å². The Hall–Kier alpha value is -2.70. The summed E-state index contributed by atoms with van der Waals surface area (Å²) >= 11 is 0. The highest BCUT2D eigenvalue weighted by Crippen LogP contribution is 2.24. The molecule has 0 saturated carbocycles. The number of imide groups is 1. The summed E-state index contributed by atoms with van der Waals surface area (Å²) in [5, 5.41) is 2.46. The number of likely N-dealkylation sites (N-methyl/N-ethyl adjacent to an activating group) is 2. The van der Waals surface area contributed by atoms with Gasteiger partial charge in [0.1, 0.15) is 0 Å². The molecule has 0 bridgehead atoms. The number of carbonyl (C=O) groups is 4. The normalized spacial score (nSPS) is 13.0. The summed E-state index contributed by atoms with van der Waals surface area (Å²) in [6.07, 6.45) is -0.00468. The van der Waals surface area contributed by atoms with Crippen LogP contribution >= 0.6 is 0 Å². The van der Waals surface area contributed by atoms with Crippen LogP contribution in [0.3, 0.4) is 0 Å². The molecule has 1 aliphatic rings. The van der Waals surface area contributed by atoms with Crippen molar-refractivity contribution in [2.75, 3.05) is 26.7 Å². The molecule has 0 aromatic heterocycles. The van der Waals surface area contributed by atoms with Crippen molar-refractivity contribution >= 4 is 23.6 Å². The van der Waals surface area contributed by atoms with E-state index < -0.39 is 0 Å². The lowest BCUT2D eigenvalue weighted by Gasteiger charge is -2.21. The predicted octanol–water partition coefficient (Wildman–Crippen LogP) is 0.576. The second kappa shape index (κ2) is 7.25. The number of nitrogens with one attached hydrogen (secondary N) is 1.